The number of thioether (sulfide) groups is 1. The van der Waals surface area contributed by atoms with Crippen LogP contribution in [0.2, 0.25) is 0 Å². The van der Waals surface area contributed by atoms with E-state index in [0.29, 0.717) is 17.2 Å². The molecule has 3 aliphatic rings. The Hall–Kier alpha value is -3.03. The van der Waals surface area contributed by atoms with Gasteiger partial charge in [-0.3, -0.25) is 0 Å². The van der Waals surface area contributed by atoms with Gasteiger partial charge in [-0.1, -0.05) is 74.5 Å². The maximum atomic E-state index is 7.66. The van der Waals surface area contributed by atoms with E-state index in [9.17, 15) is 0 Å². The van der Waals surface area contributed by atoms with Gasteiger partial charge >= 0.3 is 0 Å². The number of hydrogen-bond acceptors (Lipinski definition) is 2. The van der Waals surface area contributed by atoms with Crippen molar-refractivity contribution in [3.63, 3.8) is 0 Å². The zero-order chi connectivity index (χ0) is 24.6. The van der Waals surface area contributed by atoms with E-state index in [-0.39, 0.29) is 5.41 Å². The Balaban J connectivity index is 1.66. The molecule has 2 aromatic rings. The highest BCUT2D eigenvalue weighted by atomic mass is 32.2. The summed E-state index contributed by atoms with van der Waals surface area (Å²) in [6, 6.07) is 17.5. The van der Waals surface area contributed by atoms with E-state index in [1.54, 1.807) is 0 Å². The predicted octanol–water partition coefficient (Wildman–Crippen LogP) is 7.14. The van der Waals surface area contributed by atoms with Crippen LogP contribution in [0.1, 0.15) is 38.3 Å². The number of allylic oxidation sites excluding steroid dienone is 3. The Morgan fingerprint density at radius 2 is 1.91 bits per heavy atom. The maximum absolute atomic E-state index is 7.66. The molecule has 0 amide bonds. The number of anilines is 1. The first-order chi connectivity index (χ1) is 16.9. The van der Waals surface area contributed by atoms with Crippen LogP contribution >= 0.6 is 11.8 Å². The van der Waals surface area contributed by atoms with Crippen molar-refractivity contribution >= 4 is 28.2 Å². The summed E-state index contributed by atoms with van der Waals surface area (Å²) in [5, 5.41) is 1.78. The van der Waals surface area contributed by atoms with Crippen molar-refractivity contribution in [1.29, 1.82) is 0 Å². The number of benzene rings is 2. The second-order valence-electron chi connectivity index (χ2n) is 10.5. The molecule has 0 saturated heterocycles. The summed E-state index contributed by atoms with van der Waals surface area (Å²) < 4.78 is 2.43. The molecule has 3 nitrogen and oxygen atoms in total. The van der Waals surface area contributed by atoms with Gasteiger partial charge in [0.15, 0.2) is 11.7 Å². The van der Waals surface area contributed by atoms with Gasteiger partial charge in [0.2, 0.25) is 5.04 Å². The molecule has 1 aliphatic carbocycles. The zero-order valence-corrected chi connectivity index (χ0v) is 21.9. The molecule has 3 unspecified atom stereocenters. The minimum Gasteiger partial charge on any atom is -0.344 e. The Kier molecular flexibility index (Phi) is 6.47. The normalized spacial score (nSPS) is 25.9. The van der Waals surface area contributed by atoms with E-state index in [1.165, 1.54) is 27.6 Å². The molecule has 0 aromatic heterocycles. The molecule has 2 aromatic carbocycles. The van der Waals surface area contributed by atoms with Gasteiger partial charge in [0.1, 0.15) is 7.05 Å². The summed E-state index contributed by atoms with van der Waals surface area (Å²) >= 11 is 1.96. The van der Waals surface area contributed by atoms with Crippen LogP contribution in [0.25, 0.3) is 4.85 Å². The maximum Gasteiger partial charge on any atom is 0.237 e. The molecule has 4 heteroatoms. The Morgan fingerprint density at radius 1 is 1.14 bits per heavy atom. The number of fused-ring (bicyclic) bond motifs is 2. The third kappa shape index (κ3) is 4.39. The van der Waals surface area contributed by atoms with E-state index in [1.807, 2.05) is 17.8 Å². The summed E-state index contributed by atoms with van der Waals surface area (Å²) in [6.07, 6.45) is 13.4. The second kappa shape index (κ2) is 9.55. The molecule has 0 N–H and O–H groups in total. The minimum atomic E-state index is -0.220. The van der Waals surface area contributed by atoms with Crippen LogP contribution in [0.15, 0.2) is 84.6 Å². The summed E-state index contributed by atoms with van der Waals surface area (Å²) in [5.74, 6) is 0.623. The lowest BCUT2D eigenvalue weighted by molar-refractivity contribution is -0.516. The van der Waals surface area contributed by atoms with Crippen LogP contribution in [0.3, 0.4) is 0 Å². The van der Waals surface area contributed by atoms with Gasteiger partial charge in [-0.25, -0.2) is 9.42 Å². The van der Waals surface area contributed by atoms with Gasteiger partial charge in [0, 0.05) is 29.4 Å². The van der Waals surface area contributed by atoms with Gasteiger partial charge in [-0.2, -0.15) is 0 Å². The van der Waals surface area contributed by atoms with Crippen molar-refractivity contribution in [2.75, 3.05) is 18.5 Å². The van der Waals surface area contributed by atoms with Crippen LogP contribution in [-0.4, -0.2) is 34.5 Å². The molecule has 0 spiro atoms. The number of rotatable bonds is 6. The lowest BCUT2D eigenvalue weighted by atomic mass is 9.76. The van der Waals surface area contributed by atoms with Gasteiger partial charge in [0.25, 0.3) is 0 Å². The summed E-state index contributed by atoms with van der Waals surface area (Å²) in [5.41, 5.74) is 5.69. The van der Waals surface area contributed by atoms with Crippen molar-refractivity contribution < 1.29 is 4.58 Å². The molecule has 3 atom stereocenters. The Labute approximate surface area is 214 Å². The highest BCUT2D eigenvalue weighted by molar-refractivity contribution is 8.15. The first-order valence-electron chi connectivity index (χ1n) is 12.6. The molecule has 178 valence electrons. The van der Waals surface area contributed by atoms with Gasteiger partial charge < -0.3 is 4.90 Å². The van der Waals surface area contributed by atoms with E-state index >= 15 is 0 Å². The fourth-order valence-corrected chi connectivity index (χ4v) is 6.88. The van der Waals surface area contributed by atoms with Crippen molar-refractivity contribution in [2.45, 2.75) is 50.3 Å². The van der Waals surface area contributed by atoms with E-state index < -0.39 is 0 Å². The third-order valence-corrected chi connectivity index (χ3v) is 8.91. The predicted molar refractivity (Wildman–Crippen MR) is 150 cm³/mol. The second-order valence-corrected chi connectivity index (χ2v) is 11.7. The first-order valence-corrected chi connectivity index (χ1v) is 13.5. The smallest absolute Gasteiger partial charge is 0.237 e. The fourth-order valence-electron chi connectivity index (χ4n) is 5.55. The van der Waals surface area contributed by atoms with Crippen LogP contribution in [-0.2, 0) is 11.8 Å². The molecule has 2 heterocycles. The first kappa shape index (κ1) is 23.7. The Morgan fingerprint density at radius 3 is 2.63 bits per heavy atom. The van der Waals surface area contributed by atoms with Crippen LogP contribution in [0.4, 0.5) is 11.4 Å². The molecule has 0 saturated carbocycles. The monoisotopic (exact) mass is 480 g/mol. The van der Waals surface area contributed by atoms with Crippen LogP contribution in [0.5, 0.6) is 0 Å². The topological polar surface area (TPSA) is 10.6 Å². The van der Waals surface area contributed by atoms with Gasteiger partial charge in [0.05, 0.1) is 11.8 Å². The number of nitrogens with zero attached hydrogens (tertiary/aromatic N) is 3. The fraction of sp³-hybridized carbons (Fsp3) is 0.355. The van der Waals surface area contributed by atoms with Gasteiger partial charge in [-0.15, -0.1) is 0 Å². The van der Waals surface area contributed by atoms with Crippen LogP contribution < -0.4 is 4.90 Å². The lowest BCUT2D eigenvalue weighted by Gasteiger charge is -2.31. The Bertz CT molecular complexity index is 1280. The zero-order valence-electron chi connectivity index (χ0n) is 21.1. The summed E-state index contributed by atoms with van der Waals surface area (Å²) in [6.45, 7) is 15.6. The highest BCUT2D eigenvalue weighted by Crippen LogP contribution is 2.51. The van der Waals surface area contributed by atoms with Gasteiger partial charge in [-0.05, 0) is 60.7 Å². The van der Waals surface area contributed by atoms with E-state index in [0.717, 1.165) is 25.1 Å². The average Bonchev–Trinajstić information content (AvgIpc) is 3.30. The van der Waals surface area contributed by atoms with E-state index in [2.05, 4.69) is 115 Å². The quantitative estimate of drug-likeness (QED) is 0.321. The van der Waals surface area contributed by atoms with Crippen molar-refractivity contribution in [1.82, 2.24) is 0 Å². The number of hydrogen-bond donors (Lipinski definition) is 0. The van der Waals surface area contributed by atoms with Crippen molar-refractivity contribution in [3.8, 4) is 0 Å². The molecule has 0 bridgehead atoms. The SMILES string of the molecule is [C-]#[N+]c1ccc2c(c1)C(C)(Cc1ccccc1)/C(=C\C1=[N+](C)C3C=CC=CC3S1)N2CCC(C)C. The van der Waals surface area contributed by atoms with Crippen molar-refractivity contribution in [2.24, 2.45) is 5.92 Å². The highest BCUT2D eigenvalue weighted by Gasteiger charge is 2.46. The molecule has 0 fully saturated rings. The van der Waals surface area contributed by atoms with Crippen LogP contribution in [0, 0.1) is 12.5 Å². The minimum absolute atomic E-state index is 0.220. The lowest BCUT2D eigenvalue weighted by Crippen LogP contribution is -2.32. The molecular formula is C31H34N3S+. The third-order valence-electron chi connectivity index (χ3n) is 7.55. The largest absolute Gasteiger partial charge is 0.344 e. The summed E-state index contributed by atoms with van der Waals surface area (Å²) in [7, 11) is 2.22. The molecule has 2 aliphatic heterocycles. The molecular weight excluding hydrogens is 446 g/mol. The van der Waals surface area contributed by atoms with E-state index in [4.69, 9.17) is 6.57 Å². The number of likely N-dealkylation sites (N-methyl/N-ethyl adjacent to an activating group) is 1. The molecule has 35 heavy (non-hydrogen) atoms. The van der Waals surface area contributed by atoms with Crippen molar-refractivity contribution in [3.05, 3.63) is 107 Å². The standard InChI is InChI=1S/C31H34N3S/c1-22(2)17-18-34-26-16-15-24(32-4)19-25(26)31(3,21-23-11-7-6-8-12-23)29(34)20-30-33(5)27-13-9-10-14-28(27)35-30/h6-16,19-20,22,27-28H,17-18,21H2,1-3,5H3/q+1. The molecule has 0 radical (unpaired) electrons. The average molecular weight is 481 g/mol. The summed E-state index contributed by atoms with van der Waals surface area (Å²) in [4.78, 5) is 6.33. The molecule has 5 rings (SSSR count).